The second-order valence-corrected chi connectivity index (χ2v) is 7.69. The van der Waals surface area contributed by atoms with Gasteiger partial charge >= 0.3 is 0 Å². The van der Waals surface area contributed by atoms with Crippen molar-refractivity contribution in [2.24, 2.45) is 0 Å². The zero-order valence-corrected chi connectivity index (χ0v) is 15.9. The molecule has 4 heterocycles. The monoisotopic (exact) mass is 367 g/mol. The first-order valence-electron chi connectivity index (χ1n) is 9.74. The highest BCUT2D eigenvalue weighted by atomic mass is 15.2. The van der Waals surface area contributed by atoms with Crippen LogP contribution in [0.4, 0.5) is 11.5 Å². The number of anilines is 1. The maximum Gasteiger partial charge on any atom is 0.205 e. The summed E-state index contributed by atoms with van der Waals surface area (Å²) in [6.45, 7) is 10.9. The molecule has 0 spiro atoms. The zero-order valence-electron chi connectivity index (χ0n) is 15.9. The maximum atomic E-state index is 7.16. The van der Waals surface area contributed by atoms with Crippen LogP contribution in [-0.2, 0) is 13.0 Å². The molecule has 0 aromatic carbocycles. The van der Waals surface area contributed by atoms with Gasteiger partial charge in [-0.3, -0.25) is 15.0 Å². The molecule has 1 saturated carbocycles. The van der Waals surface area contributed by atoms with Gasteiger partial charge in [-0.15, -0.1) is 0 Å². The van der Waals surface area contributed by atoms with Crippen molar-refractivity contribution in [1.29, 1.82) is 0 Å². The number of rotatable bonds is 3. The molecule has 0 amide bonds. The van der Waals surface area contributed by atoms with Crippen molar-refractivity contribution in [2.45, 2.75) is 38.6 Å². The fraction of sp³-hybridized carbons (Fsp3) is 0.304. The number of nitrogens with zero attached hydrogens (tertiary/aromatic N) is 5. The summed E-state index contributed by atoms with van der Waals surface area (Å²) < 4.78 is 0. The van der Waals surface area contributed by atoms with Gasteiger partial charge in [0.1, 0.15) is 5.82 Å². The van der Waals surface area contributed by atoms with Crippen LogP contribution in [0, 0.1) is 13.5 Å². The quantitative estimate of drug-likeness (QED) is 0.622. The normalized spacial score (nSPS) is 15.8. The van der Waals surface area contributed by atoms with Gasteiger partial charge in [-0.2, -0.15) is 0 Å². The van der Waals surface area contributed by atoms with E-state index in [-0.39, 0.29) is 0 Å². The van der Waals surface area contributed by atoms with Crippen LogP contribution in [0.5, 0.6) is 0 Å². The molecule has 3 aromatic rings. The molecule has 0 atom stereocenters. The Balaban J connectivity index is 1.42. The highest BCUT2D eigenvalue weighted by Crippen LogP contribution is 2.39. The largest absolute Gasteiger partial charge is 0.352 e. The number of fused-ring (bicyclic) bond motifs is 1. The minimum absolute atomic E-state index is 0.588. The third-order valence-corrected chi connectivity index (χ3v) is 5.62. The second-order valence-electron chi connectivity index (χ2n) is 7.69. The summed E-state index contributed by atoms with van der Waals surface area (Å²) in [4.78, 5) is 19.7. The number of hydrogen-bond donors (Lipinski definition) is 0. The summed E-state index contributed by atoms with van der Waals surface area (Å²) in [5, 5.41) is 0. The molecule has 1 fully saturated rings. The molecule has 0 saturated heterocycles. The summed E-state index contributed by atoms with van der Waals surface area (Å²) >= 11 is 0. The first-order valence-corrected chi connectivity index (χ1v) is 9.74. The molecule has 0 bridgehead atoms. The van der Waals surface area contributed by atoms with Crippen LogP contribution in [0.25, 0.3) is 16.0 Å². The SMILES string of the molecule is [C-]#[N+]c1cnc(N2CCc3ncc(-c4ccc(C5CC5)nc4)cc3C2)c(C)c1. The standard InChI is InChI=1S/C23H21N5/c1-15-9-20(24-2)13-27-23(15)28-8-7-22-19(14-28)10-18(12-26-22)17-5-6-21(25-11-17)16-3-4-16/h5-6,9-13,16H,3-4,7-8,14H2,1H3. The van der Waals surface area contributed by atoms with Gasteiger partial charge in [0.2, 0.25) is 5.69 Å². The Labute approximate surface area is 164 Å². The summed E-state index contributed by atoms with van der Waals surface area (Å²) in [6, 6.07) is 8.47. The third kappa shape index (κ3) is 3.11. The van der Waals surface area contributed by atoms with Gasteiger partial charge in [0.05, 0.1) is 6.57 Å². The fourth-order valence-electron chi connectivity index (χ4n) is 3.91. The van der Waals surface area contributed by atoms with Crippen molar-refractivity contribution in [3.8, 4) is 11.1 Å². The van der Waals surface area contributed by atoms with Crippen LogP contribution in [0.15, 0.2) is 42.9 Å². The number of aromatic nitrogens is 3. The van der Waals surface area contributed by atoms with Gasteiger partial charge in [-0.05, 0) is 49.1 Å². The molecule has 2 aliphatic rings. The van der Waals surface area contributed by atoms with Crippen molar-refractivity contribution in [1.82, 2.24) is 15.0 Å². The van der Waals surface area contributed by atoms with Crippen molar-refractivity contribution in [3.05, 3.63) is 76.8 Å². The molecule has 5 heteroatoms. The van der Waals surface area contributed by atoms with E-state index in [1.54, 1.807) is 6.20 Å². The lowest BCUT2D eigenvalue weighted by atomic mass is 10.0. The summed E-state index contributed by atoms with van der Waals surface area (Å²) in [5.74, 6) is 1.63. The molecule has 138 valence electrons. The summed E-state index contributed by atoms with van der Waals surface area (Å²) in [6.07, 6.45) is 9.05. The Bertz CT molecular complexity index is 1080. The predicted octanol–water partition coefficient (Wildman–Crippen LogP) is 4.84. The van der Waals surface area contributed by atoms with Gasteiger partial charge < -0.3 is 4.90 Å². The Kier molecular flexibility index (Phi) is 4.05. The number of aryl methyl sites for hydroxylation is 1. The lowest BCUT2D eigenvalue weighted by Crippen LogP contribution is -2.32. The van der Waals surface area contributed by atoms with Crippen molar-refractivity contribution < 1.29 is 0 Å². The molecule has 0 radical (unpaired) electrons. The van der Waals surface area contributed by atoms with Crippen molar-refractivity contribution >= 4 is 11.5 Å². The van der Waals surface area contributed by atoms with E-state index in [9.17, 15) is 0 Å². The molecule has 28 heavy (non-hydrogen) atoms. The van der Waals surface area contributed by atoms with E-state index in [2.05, 4.69) is 37.9 Å². The highest BCUT2D eigenvalue weighted by Gasteiger charge is 2.25. The van der Waals surface area contributed by atoms with E-state index >= 15 is 0 Å². The molecule has 0 N–H and O–H groups in total. The van der Waals surface area contributed by atoms with Crippen molar-refractivity contribution in [2.75, 3.05) is 11.4 Å². The van der Waals surface area contributed by atoms with Gasteiger partial charge in [0.25, 0.3) is 0 Å². The topological polar surface area (TPSA) is 46.3 Å². The molecule has 3 aromatic heterocycles. The first kappa shape index (κ1) is 16.9. The van der Waals surface area contributed by atoms with Crippen LogP contribution >= 0.6 is 0 Å². The molecule has 5 nitrogen and oxygen atoms in total. The molecule has 1 aliphatic carbocycles. The van der Waals surface area contributed by atoms with Crippen molar-refractivity contribution in [3.63, 3.8) is 0 Å². The van der Waals surface area contributed by atoms with Gasteiger partial charge in [0.15, 0.2) is 0 Å². The molecular formula is C23H21N5. The lowest BCUT2D eigenvalue weighted by Gasteiger charge is -2.30. The second kappa shape index (κ2) is 6.72. The Morgan fingerprint density at radius 3 is 2.61 bits per heavy atom. The average Bonchev–Trinajstić information content (AvgIpc) is 3.58. The predicted molar refractivity (Wildman–Crippen MR) is 109 cm³/mol. The molecule has 0 unspecified atom stereocenters. The summed E-state index contributed by atoms with van der Waals surface area (Å²) in [5.41, 5.74) is 7.48. The smallest absolute Gasteiger partial charge is 0.205 e. The summed E-state index contributed by atoms with van der Waals surface area (Å²) in [7, 11) is 0. The molecule has 1 aliphatic heterocycles. The highest BCUT2D eigenvalue weighted by molar-refractivity contribution is 5.64. The molecule has 5 rings (SSSR count). The van der Waals surface area contributed by atoms with Crippen LogP contribution in [0.2, 0.25) is 0 Å². The van der Waals surface area contributed by atoms with E-state index in [0.717, 1.165) is 47.7 Å². The van der Waals surface area contributed by atoms with Gasteiger partial charge in [-0.25, -0.2) is 4.85 Å². The zero-order chi connectivity index (χ0) is 19.1. The van der Waals surface area contributed by atoms with E-state index in [1.807, 2.05) is 25.4 Å². The maximum absolute atomic E-state index is 7.16. The van der Waals surface area contributed by atoms with E-state index < -0.39 is 0 Å². The minimum Gasteiger partial charge on any atom is -0.352 e. The van der Waals surface area contributed by atoms with E-state index in [1.165, 1.54) is 24.1 Å². The molecular weight excluding hydrogens is 346 g/mol. The van der Waals surface area contributed by atoms with Crippen LogP contribution in [0.3, 0.4) is 0 Å². The van der Waals surface area contributed by atoms with Crippen LogP contribution in [0.1, 0.15) is 41.3 Å². The van der Waals surface area contributed by atoms with Crippen LogP contribution < -0.4 is 4.90 Å². The average molecular weight is 367 g/mol. The van der Waals surface area contributed by atoms with E-state index in [0.29, 0.717) is 11.6 Å². The van der Waals surface area contributed by atoms with E-state index in [4.69, 9.17) is 11.6 Å². The third-order valence-electron chi connectivity index (χ3n) is 5.62. The Hall–Kier alpha value is -3.26. The lowest BCUT2D eigenvalue weighted by molar-refractivity contribution is 0.701. The van der Waals surface area contributed by atoms with Gasteiger partial charge in [0, 0.05) is 66.5 Å². The number of pyridine rings is 3. The van der Waals surface area contributed by atoms with Gasteiger partial charge in [-0.1, -0.05) is 6.07 Å². The minimum atomic E-state index is 0.588. The number of hydrogen-bond acceptors (Lipinski definition) is 4. The first-order chi connectivity index (χ1) is 13.7. The van der Waals surface area contributed by atoms with Crippen LogP contribution in [-0.4, -0.2) is 21.5 Å². The Morgan fingerprint density at radius 1 is 1.04 bits per heavy atom. The fourth-order valence-corrected chi connectivity index (χ4v) is 3.91. The Morgan fingerprint density at radius 2 is 1.89 bits per heavy atom.